The van der Waals surface area contributed by atoms with Gasteiger partial charge in [0, 0.05) is 0 Å². The van der Waals surface area contributed by atoms with Crippen LogP contribution in [0.4, 0.5) is 0 Å². The number of rotatable bonds is 0. The van der Waals surface area contributed by atoms with Crippen molar-refractivity contribution < 1.29 is 60.4 Å². The molecule has 0 saturated heterocycles. The molecule has 0 radical (unpaired) electrons. The zero-order chi connectivity index (χ0) is 9.00. The summed E-state index contributed by atoms with van der Waals surface area (Å²) in [4.78, 5) is 51.3. The molecule has 0 spiro atoms. The van der Waals surface area contributed by atoms with Crippen molar-refractivity contribution in [1.29, 1.82) is 0 Å². The molecular weight excluding hydrogens is 374 g/mol. The summed E-state index contributed by atoms with van der Waals surface area (Å²) in [7, 11) is -10.8. The van der Waals surface area contributed by atoms with Gasteiger partial charge in [0.1, 0.15) is 0 Å². The molecular formula is H8Ca3O12P2. The van der Waals surface area contributed by atoms with Gasteiger partial charge >= 0.3 is 113 Å². The average molecular weight is 382 g/mol. The molecule has 17 heavy (non-hydrogen) atoms. The van der Waals surface area contributed by atoms with Gasteiger partial charge in [-0.25, -0.2) is 0 Å². The Morgan fingerprint density at radius 2 is 0.471 bits per heavy atom. The first-order chi connectivity index (χ1) is 4.00. The van der Waals surface area contributed by atoms with Crippen LogP contribution in [-0.4, -0.2) is 135 Å². The second kappa shape index (κ2) is 28.1. The van der Waals surface area contributed by atoms with Crippen molar-refractivity contribution in [2.24, 2.45) is 0 Å². The van der Waals surface area contributed by atoms with E-state index in [1.54, 1.807) is 0 Å². The first kappa shape index (κ1) is 58.5. The van der Waals surface area contributed by atoms with E-state index < -0.39 is 15.6 Å². The minimum atomic E-state index is -5.39. The predicted octanol–water partition coefficient (Wildman–Crippen LogP) is -10.1. The smallest absolute Gasteiger partial charge is 0.822 e. The van der Waals surface area contributed by atoms with Crippen molar-refractivity contribution in [3.8, 4) is 0 Å². The molecule has 0 aromatic rings. The molecule has 8 N–H and O–H groups in total. The van der Waals surface area contributed by atoms with Gasteiger partial charge in [0.2, 0.25) is 0 Å². The summed E-state index contributed by atoms with van der Waals surface area (Å²) in [5, 5.41) is 0. The number of hydrogen-bond donors (Lipinski definition) is 0. The third kappa shape index (κ3) is 428. The van der Waals surface area contributed by atoms with Gasteiger partial charge in [0.15, 0.2) is 0 Å². The Morgan fingerprint density at radius 1 is 0.471 bits per heavy atom. The van der Waals surface area contributed by atoms with Crippen LogP contribution in [0.5, 0.6) is 0 Å². The van der Waals surface area contributed by atoms with Gasteiger partial charge in [-0.3, -0.25) is 0 Å². The molecule has 0 aromatic carbocycles. The van der Waals surface area contributed by atoms with Crippen LogP contribution in [0.25, 0.3) is 0 Å². The van der Waals surface area contributed by atoms with Crippen LogP contribution in [0.15, 0.2) is 0 Å². The fraction of sp³-hybridized carbons (Fsp3) is 0. The van der Waals surface area contributed by atoms with E-state index in [-0.39, 0.29) is 135 Å². The molecule has 0 atom stereocenters. The van der Waals surface area contributed by atoms with Crippen LogP contribution in [0.2, 0.25) is 0 Å². The fourth-order valence-electron chi connectivity index (χ4n) is 0. The maximum atomic E-state index is 8.55. The van der Waals surface area contributed by atoms with E-state index in [9.17, 15) is 0 Å². The van der Waals surface area contributed by atoms with Crippen LogP contribution in [-0.2, 0) is 9.13 Å². The standard InChI is InChI=1S/3Ca.2H3O4P.4H2O/c;;;2*1-5(2,3)4;;;;/h;;;2*(H3,1,2,3,4);4*1H2/q3*+2;;;;;;/p-6. The molecule has 0 saturated carbocycles. The summed E-state index contributed by atoms with van der Waals surface area (Å²) in [6.07, 6.45) is 0. The quantitative estimate of drug-likeness (QED) is 0.285. The van der Waals surface area contributed by atoms with E-state index in [1.165, 1.54) is 0 Å². The molecule has 0 aromatic heterocycles. The summed E-state index contributed by atoms with van der Waals surface area (Å²) in [5.41, 5.74) is 0. The van der Waals surface area contributed by atoms with Gasteiger partial charge in [-0.2, -0.15) is 15.6 Å². The topological polar surface area (TPSA) is 298 Å². The summed E-state index contributed by atoms with van der Waals surface area (Å²) in [5.74, 6) is 0. The van der Waals surface area contributed by atoms with Gasteiger partial charge in [0.25, 0.3) is 0 Å². The Bertz CT molecular complexity index is 132. The Kier molecular flexibility index (Phi) is 96.6. The van der Waals surface area contributed by atoms with E-state index in [0.717, 1.165) is 0 Å². The molecule has 12 nitrogen and oxygen atoms in total. The van der Waals surface area contributed by atoms with Crippen LogP contribution in [0, 0.1) is 0 Å². The van der Waals surface area contributed by atoms with Crippen LogP contribution in [0.1, 0.15) is 0 Å². The number of hydrogen-bond acceptors (Lipinski definition) is 8. The summed E-state index contributed by atoms with van der Waals surface area (Å²) < 4.78 is 17.1. The van der Waals surface area contributed by atoms with Crippen molar-refractivity contribution in [1.82, 2.24) is 0 Å². The number of phosphoric acid groups is 2. The van der Waals surface area contributed by atoms with Crippen molar-refractivity contribution in [3.05, 3.63) is 0 Å². The Morgan fingerprint density at radius 3 is 0.471 bits per heavy atom. The molecule has 0 unspecified atom stereocenters. The Balaban J connectivity index is -0.00000000762. The van der Waals surface area contributed by atoms with Gasteiger partial charge < -0.3 is 60.4 Å². The third-order valence-electron chi connectivity index (χ3n) is 0. The molecule has 0 aliphatic carbocycles. The summed E-state index contributed by atoms with van der Waals surface area (Å²) in [6.45, 7) is 0. The van der Waals surface area contributed by atoms with Gasteiger partial charge in [-0.05, 0) is 0 Å². The predicted molar refractivity (Wildman–Crippen MR) is 46.9 cm³/mol. The van der Waals surface area contributed by atoms with E-state index in [1.807, 2.05) is 0 Å². The molecule has 0 aliphatic rings. The van der Waals surface area contributed by atoms with Crippen LogP contribution >= 0.6 is 15.6 Å². The van der Waals surface area contributed by atoms with E-state index in [0.29, 0.717) is 0 Å². The maximum Gasteiger partial charge on any atom is 2.00 e. The van der Waals surface area contributed by atoms with Crippen LogP contribution in [0.3, 0.4) is 0 Å². The molecule has 0 fully saturated rings. The molecule has 0 aliphatic heterocycles. The minimum absolute atomic E-state index is 0. The van der Waals surface area contributed by atoms with Crippen molar-refractivity contribution in [2.45, 2.75) is 0 Å². The van der Waals surface area contributed by atoms with Crippen molar-refractivity contribution in [2.75, 3.05) is 0 Å². The van der Waals surface area contributed by atoms with Crippen molar-refractivity contribution in [3.63, 3.8) is 0 Å². The Labute approximate surface area is 186 Å². The maximum absolute atomic E-state index is 8.55. The van der Waals surface area contributed by atoms with Crippen molar-refractivity contribution >= 4 is 129 Å². The zero-order valence-corrected chi connectivity index (χ0v) is 16.7. The van der Waals surface area contributed by atoms with Gasteiger partial charge in [-0.1, -0.05) is 0 Å². The van der Waals surface area contributed by atoms with Gasteiger partial charge in [-0.15, -0.1) is 0 Å². The SMILES string of the molecule is O.O.O.O.O=P([O-])([O-])[O-].O=P([O-])([O-])[O-].[Ca+2].[Ca+2].[Ca+2]. The normalized spacial score (nSPS) is 6.94. The van der Waals surface area contributed by atoms with E-state index in [4.69, 9.17) is 38.5 Å². The molecule has 17 heteroatoms. The third-order valence-corrected chi connectivity index (χ3v) is 0. The molecule has 0 amide bonds. The molecule has 0 bridgehead atoms. The monoisotopic (exact) mass is 382 g/mol. The van der Waals surface area contributed by atoms with Gasteiger partial charge in [0.05, 0.1) is 0 Å². The first-order valence-corrected chi connectivity index (χ1v) is 4.38. The van der Waals surface area contributed by atoms with Crippen LogP contribution < -0.4 is 29.4 Å². The fourth-order valence-corrected chi connectivity index (χ4v) is 0. The summed E-state index contributed by atoms with van der Waals surface area (Å²) >= 11 is 0. The van der Waals surface area contributed by atoms with E-state index >= 15 is 0 Å². The Hall–Kier alpha value is 3.84. The zero-order valence-electron chi connectivity index (χ0n) is 8.28. The molecule has 0 rings (SSSR count). The second-order valence-electron chi connectivity index (χ2n) is 0.894. The average Bonchev–Trinajstić information content (AvgIpc) is 1.12. The largest absolute Gasteiger partial charge is 2.00 e. The summed E-state index contributed by atoms with van der Waals surface area (Å²) in [6, 6.07) is 0. The molecule has 96 valence electrons. The van der Waals surface area contributed by atoms with E-state index in [2.05, 4.69) is 0 Å². The second-order valence-corrected chi connectivity index (χ2v) is 2.68. The molecule has 0 heterocycles. The first-order valence-electron chi connectivity index (χ1n) is 1.46. The minimum Gasteiger partial charge on any atom is -0.822 e.